The zero-order valence-electron chi connectivity index (χ0n) is 10.3. The highest BCUT2D eigenvalue weighted by molar-refractivity contribution is 6.38. The Morgan fingerprint density at radius 3 is 2.52 bits per heavy atom. The Bertz CT molecular complexity index is 698. The highest BCUT2D eigenvalue weighted by Gasteiger charge is 2.11. The summed E-state index contributed by atoms with van der Waals surface area (Å²) >= 11 is 23.5. The fraction of sp³-hybridized carbons (Fsp3) is 0. The quantitative estimate of drug-likeness (QED) is 0.498. The largest absolute Gasteiger partial charge is 0.274 e. The van der Waals surface area contributed by atoms with Gasteiger partial charge in [0.25, 0.3) is 5.91 Å². The maximum Gasteiger partial charge on any atom is 0.274 e. The van der Waals surface area contributed by atoms with Crippen LogP contribution in [0.1, 0.15) is 15.9 Å². The Balaban J connectivity index is 2.14. The van der Waals surface area contributed by atoms with Crippen LogP contribution in [0, 0.1) is 0 Å². The van der Waals surface area contributed by atoms with Crippen LogP contribution in [0.2, 0.25) is 20.2 Å². The molecule has 0 saturated carbocycles. The number of carbonyl (C=O) groups excluding carboxylic acids is 1. The van der Waals surface area contributed by atoms with Crippen LogP contribution in [0.25, 0.3) is 0 Å². The lowest BCUT2D eigenvalue weighted by molar-refractivity contribution is 0.0955. The van der Waals surface area contributed by atoms with Crippen LogP contribution in [0.4, 0.5) is 0 Å². The SMILES string of the molecule is O=C(N/N=C/c1c(Cl)cccc1Cl)c1cc(Cl)cnc1Cl. The maximum absolute atomic E-state index is 11.9. The summed E-state index contributed by atoms with van der Waals surface area (Å²) in [4.78, 5) is 15.7. The van der Waals surface area contributed by atoms with Gasteiger partial charge in [-0.15, -0.1) is 0 Å². The van der Waals surface area contributed by atoms with Gasteiger partial charge in [0.1, 0.15) is 5.15 Å². The lowest BCUT2D eigenvalue weighted by atomic mass is 10.2. The minimum Gasteiger partial charge on any atom is -0.267 e. The Morgan fingerprint density at radius 2 is 1.86 bits per heavy atom. The minimum atomic E-state index is -0.547. The van der Waals surface area contributed by atoms with Gasteiger partial charge >= 0.3 is 0 Å². The molecule has 1 aromatic heterocycles. The normalized spacial score (nSPS) is 10.9. The van der Waals surface area contributed by atoms with Crippen molar-refractivity contribution in [3.8, 4) is 0 Å². The van der Waals surface area contributed by atoms with Gasteiger partial charge in [0, 0.05) is 11.8 Å². The zero-order chi connectivity index (χ0) is 15.4. The lowest BCUT2D eigenvalue weighted by Gasteiger charge is -2.03. The summed E-state index contributed by atoms with van der Waals surface area (Å²) in [7, 11) is 0. The van der Waals surface area contributed by atoms with Crippen LogP contribution in [-0.2, 0) is 0 Å². The first-order valence-corrected chi connectivity index (χ1v) is 7.08. The first-order valence-electron chi connectivity index (χ1n) is 5.57. The molecule has 108 valence electrons. The highest BCUT2D eigenvalue weighted by atomic mass is 35.5. The predicted molar refractivity (Wildman–Crippen MR) is 85.8 cm³/mol. The van der Waals surface area contributed by atoms with Crippen molar-refractivity contribution < 1.29 is 4.79 Å². The van der Waals surface area contributed by atoms with Crippen molar-refractivity contribution in [2.24, 2.45) is 5.10 Å². The van der Waals surface area contributed by atoms with Gasteiger partial charge in [-0.1, -0.05) is 52.5 Å². The van der Waals surface area contributed by atoms with Gasteiger partial charge in [-0.25, -0.2) is 10.4 Å². The molecule has 1 heterocycles. The monoisotopic (exact) mass is 361 g/mol. The first kappa shape index (κ1) is 16.0. The van der Waals surface area contributed by atoms with Crippen molar-refractivity contribution in [2.45, 2.75) is 0 Å². The van der Waals surface area contributed by atoms with Crippen molar-refractivity contribution in [3.63, 3.8) is 0 Å². The standard InChI is InChI=1S/C13H7Cl4N3O/c14-7-4-8(12(17)18-5-7)13(21)20-19-6-9-10(15)2-1-3-11(9)16/h1-6H,(H,20,21)/b19-6+. The third-order valence-electron chi connectivity index (χ3n) is 2.41. The number of carbonyl (C=O) groups is 1. The van der Waals surface area contributed by atoms with Crippen LogP contribution < -0.4 is 5.43 Å². The first-order chi connectivity index (χ1) is 9.99. The van der Waals surface area contributed by atoms with E-state index < -0.39 is 5.91 Å². The Kier molecular flexibility index (Phi) is 5.42. The number of nitrogens with zero attached hydrogens (tertiary/aromatic N) is 2. The molecule has 0 atom stereocenters. The second-order valence-electron chi connectivity index (χ2n) is 3.83. The number of nitrogens with one attached hydrogen (secondary N) is 1. The smallest absolute Gasteiger partial charge is 0.267 e. The molecular weight excluding hydrogens is 356 g/mol. The van der Waals surface area contributed by atoms with Crippen LogP contribution in [0.5, 0.6) is 0 Å². The van der Waals surface area contributed by atoms with Crippen molar-refractivity contribution in [1.29, 1.82) is 0 Å². The van der Waals surface area contributed by atoms with Crippen molar-refractivity contribution in [2.75, 3.05) is 0 Å². The molecular formula is C13H7Cl4N3O. The predicted octanol–water partition coefficient (Wildman–Crippen LogP) is 4.46. The molecule has 0 aliphatic carbocycles. The molecule has 1 amide bonds. The van der Waals surface area contributed by atoms with Gasteiger partial charge in [0.05, 0.1) is 26.8 Å². The molecule has 0 aliphatic rings. The van der Waals surface area contributed by atoms with E-state index in [0.29, 0.717) is 20.6 Å². The molecule has 0 radical (unpaired) electrons. The lowest BCUT2D eigenvalue weighted by Crippen LogP contribution is -2.18. The van der Waals surface area contributed by atoms with Crippen LogP contribution in [0.15, 0.2) is 35.6 Å². The second kappa shape index (κ2) is 7.09. The number of aromatic nitrogens is 1. The molecule has 2 rings (SSSR count). The fourth-order valence-corrected chi connectivity index (χ4v) is 2.27. The average Bonchev–Trinajstić information content (AvgIpc) is 2.44. The molecule has 0 fully saturated rings. The summed E-state index contributed by atoms with van der Waals surface area (Å²) in [6.45, 7) is 0. The molecule has 0 unspecified atom stereocenters. The second-order valence-corrected chi connectivity index (χ2v) is 5.44. The van der Waals surface area contributed by atoms with Crippen LogP contribution in [0.3, 0.4) is 0 Å². The summed E-state index contributed by atoms with van der Waals surface area (Å²) in [6, 6.07) is 6.42. The van der Waals surface area contributed by atoms with E-state index in [-0.39, 0.29) is 10.7 Å². The molecule has 21 heavy (non-hydrogen) atoms. The highest BCUT2D eigenvalue weighted by Crippen LogP contribution is 2.22. The van der Waals surface area contributed by atoms with Crippen molar-refractivity contribution >= 4 is 58.5 Å². The van der Waals surface area contributed by atoms with Crippen LogP contribution in [-0.4, -0.2) is 17.1 Å². The van der Waals surface area contributed by atoms with E-state index in [0.717, 1.165) is 0 Å². The van der Waals surface area contributed by atoms with Crippen molar-refractivity contribution in [3.05, 3.63) is 61.8 Å². The van der Waals surface area contributed by atoms with Gasteiger partial charge in [0.15, 0.2) is 0 Å². The summed E-state index contributed by atoms with van der Waals surface area (Å²) in [5.74, 6) is -0.547. The number of benzene rings is 1. The molecule has 1 N–H and O–H groups in total. The Morgan fingerprint density at radius 1 is 1.19 bits per heavy atom. The zero-order valence-corrected chi connectivity index (χ0v) is 13.3. The molecule has 0 saturated heterocycles. The summed E-state index contributed by atoms with van der Waals surface area (Å²) in [5, 5.41) is 4.95. The third kappa shape index (κ3) is 4.08. The summed E-state index contributed by atoms with van der Waals surface area (Å²) < 4.78 is 0. The van der Waals surface area contributed by atoms with Gasteiger partial charge in [-0.05, 0) is 18.2 Å². The number of pyridine rings is 1. The molecule has 8 heteroatoms. The van der Waals surface area contributed by atoms with E-state index in [1.54, 1.807) is 18.2 Å². The molecule has 1 aromatic carbocycles. The van der Waals surface area contributed by atoms with Gasteiger partial charge < -0.3 is 0 Å². The van der Waals surface area contributed by atoms with E-state index in [9.17, 15) is 4.79 Å². The van der Waals surface area contributed by atoms with Gasteiger partial charge in [0.2, 0.25) is 0 Å². The number of hydrogen-bond acceptors (Lipinski definition) is 3. The minimum absolute atomic E-state index is 0.0304. The fourth-order valence-electron chi connectivity index (χ4n) is 1.43. The van der Waals surface area contributed by atoms with Crippen molar-refractivity contribution in [1.82, 2.24) is 10.4 Å². The van der Waals surface area contributed by atoms with E-state index in [1.807, 2.05) is 0 Å². The van der Waals surface area contributed by atoms with Crippen LogP contribution >= 0.6 is 46.4 Å². The number of amides is 1. The number of rotatable bonds is 3. The summed E-state index contributed by atoms with van der Waals surface area (Å²) in [6.07, 6.45) is 2.68. The van der Waals surface area contributed by atoms with Gasteiger partial charge in [-0.3, -0.25) is 4.79 Å². The van der Waals surface area contributed by atoms with E-state index in [1.165, 1.54) is 18.5 Å². The Labute approximate surface area is 140 Å². The molecule has 0 spiro atoms. The van der Waals surface area contributed by atoms with E-state index >= 15 is 0 Å². The number of hydrazone groups is 1. The van der Waals surface area contributed by atoms with E-state index in [4.69, 9.17) is 46.4 Å². The topological polar surface area (TPSA) is 54.4 Å². The maximum atomic E-state index is 11.9. The summed E-state index contributed by atoms with van der Waals surface area (Å²) in [5.41, 5.74) is 2.91. The molecule has 2 aromatic rings. The molecule has 0 bridgehead atoms. The molecule has 0 aliphatic heterocycles. The molecule has 4 nitrogen and oxygen atoms in total. The van der Waals surface area contributed by atoms with Gasteiger partial charge in [-0.2, -0.15) is 5.10 Å². The number of halogens is 4. The number of hydrogen-bond donors (Lipinski definition) is 1. The average molecular weight is 363 g/mol. The third-order valence-corrected chi connectivity index (χ3v) is 3.58. The van der Waals surface area contributed by atoms with E-state index in [2.05, 4.69) is 15.5 Å². The Hall–Kier alpha value is -1.33.